The molecule has 1 aromatic carbocycles. The Morgan fingerprint density at radius 1 is 1.20 bits per heavy atom. The number of carbonyl (C=O) groups excluding carboxylic acids is 2. The zero-order valence-electron chi connectivity index (χ0n) is 15.6. The molecular weight excluding hydrogens is 312 g/mol. The molecule has 0 N–H and O–H groups in total. The van der Waals surface area contributed by atoms with Crippen molar-refractivity contribution in [1.82, 2.24) is 9.80 Å². The maximum absolute atomic E-state index is 12.7. The molecule has 2 amide bonds. The summed E-state index contributed by atoms with van der Waals surface area (Å²) in [6.07, 6.45) is 5.01. The molecule has 0 unspecified atom stereocenters. The third-order valence-electron chi connectivity index (χ3n) is 4.65. The number of hydrogen-bond donors (Lipinski definition) is 0. The first-order valence-electron chi connectivity index (χ1n) is 9.32. The second-order valence-corrected chi connectivity index (χ2v) is 7.11. The fourth-order valence-corrected chi connectivity index (χ4v) is 3.26. The lowest BCUT2D eigenvalue weighted by molar-refractivity contribution is -0.139. The van der Waals surface area contributed by atoms with Crippen molar-refractivity contribution in [3.8, 4) is 0 Å². The summed E-state index contributed by atoms with van der Waals surface area (Å²) < 4.78 is 0. The van der Waals surface area contributed by atoms with Gasteiger partial charge in [0.1, 0.15) is 0 Å². The minimum Gasteiger partial charge on any atom is -0.342 e. The van der Waals surface area contributed by atoms with Crippen LogP contribution in [0.5, 0.6) is 0 Å². The Hall–Kier alpha value is -2.10. The van der Waals surface area contributed by atoms with Crippen LogP contribution in [-0.2, 0) is 9.59 Å². The van der Waals surface area contributed by atoms with E-state index >= 15 is 0 Å². The number of piperidine rings is 1. The molecule has 0 spiro atoms. The number of nitrogens with zero attached hydrogens (tertiary/aromatic N) is 2. The van der Waals surface area contributed by atoms with Crippen molar-refractivity contribution in [1.29, 1.82) is 0 Å². The van der Waals surface area contributed by atoms with Crippen molar-refractivity contribution >= 4 is 17.9 Å². The van der Waals surface area contributed by atoms with Crippen molar-refractivity contribution in [3.63, 3.8) is 0 Å². The molecule has 4 nitrogen and oxygen atoms in total. The molecule has 0 aliphatic carbocycles. The van der Waals surface area contributed by atoms with Gasteiger partial charge in [0.05, 0.1) is 0 Å². The predicted molar refractivity (Wildman–Crippen MR) is 102 cm³/mol. The number of hydrogen-bond acceptors (Lipinski definition) is 2. The van der Waals surface area contributed by atoms with Crippen LogP contribution in [0.1, 0.15) is 39.2 Å². The highest BCUT2D eigenvalue weighted by Crippen LogP contribution is 2.20. The van der Waals surface area contributed by atoms with Gasteiger partial charge in [0.25, 0.3) is 0 Å². The van der Waals surface area contributed by atoms with Crippen LogP contribution >= 0.6 is 0 Å². The van der Waals surface area contributed by atoms with Gasteiger partial charge in [-0.3, -0.25) is 9.59 Å². The highest BCUT2D eigenvalue weighted by molar-refractivity contribution is 5.92. The van der Waals surface area contributed by atoms with E-state index in [9.17, 15) is 9.59 Å². The third kappa shape index (κ3) is 5.73. The molecule has 1 fully saturated rings. The van der Waals surface area contributed by atoms with E-state index in [0.29, 0.717) is 19.0 Å². The number of benzene rings is 1. The topological polar surface area (TPSA) is 40.6 Å². The van der Waals surface area contributed by atoms with E-state index in [1.54, 1.807) is 6.08 Å². The van der Waals surface area contributed by atoms with Crippen molar-refractivity contribution in [2.24, 2.45) is 11.8 Å². The fraction of sp³-hybridized carbons (Fsp3) is 0.524. The lowest BCUT2D eigenvalue weighted by Crippen LogP contribution is -2.44. The van der Waals surface area contributed by atoms with Crippen molar-refractivity contribution in [2.75, 3.05) is 26.2 Å². The highest BCUT2D eigenvalue weighted by atomic mass is 16.2. The van der Waals surface area contributed by atoms with Gasteiger partial charge in [0, 0.05) is 38.2 Å². The molecule has 1 saturated heterocycles. The minimum absolute atomic E-state index is 0.0317. The average Bonchev–Trinajstić information content (AvgIpc) is 2.64. The minimum atomic E-state index is 0.0317. The Labute approximate surface area is 151 Å². The van der Waals surface area contributed by atoms with Crippen LogP contribution in [0.25, 0.3) is 6.08 Å². The summed E-state index contributed by atoms with van der Waals surface area (Å²) in [4.78, 5) is 28.8. The van der Waals surface area contributed by atoms with Gasteiger partial charge in [-0.1, -0.05) is 44.2 Å². The third-order valence-corrected chi connectivity index (χ3v) is 4.65. The smallest absolute Gasteiger partial charge is 0.246 e. The average molecular weight is 342 g/mol. The lowest BCUT2D eigenvalue weighted by Gasteiger charge is -2.34. The lowest BCUT2D eigenvalue weighted by atomic mass is 9.94. The van der Waals surface area contributed by atoms with Gasteiger partial charge in [-0.25, -0.2) is 0 Å². The van der Waals surface area contributed by atoms with Gasteiger partial charge in [0.15, 0.2) is 0 Å². The molecule has 1 aliphatic rings. The first-order valence-corrected chi connectivity index (χ1v) is 9.32. The molecule has 0 aromatic heterocycles. The summed E-state index contributed by atoms with van der Waals surface area (Å²) >= 11 is 0. The molecule has 0 radical (unpaired) electrons. The van der Waals surface area contributed by atoms with Crippen molar-refractivity contribution in [2.45, 2.75) is 33.6 Å². The van der Waals surface area contributed by atoms with Gasteiger partial charge in [0.2, 0.25) is 11.8 Å². The number of carbonyl (C=O) groups is 2. The Balaban J connectivity index is 1.85. The van der Waals surface area contributed by atoms with Gasteiger partial charge in [-0.2, -0.15) is 0 Å². The molecule has 1 aromatic rings. The van der Waals surface area contributed by atoms with E-state index in [4.69, 9.17) is 0 Å². The Kier molecular flexibility index (Phi) is 7.23. The summed E-state index contributed by atoms with van der Waals surface area (Å²) in [5.41, 5.74) is 1.02. The first-order chi connectivity index (χ1) is 12.0. The SMILES string of the molecule is CCN(CC(C)C)C(=O)C1CCN(C(=O)/C=C/c2ccccc2)CC1. The predicted octanol–water partition coefficient (Wildman–Crippen LogP) is 3.44. The zero-order chi connectivity index (χ0) is 18.2. The number of likely N-dealkylation sites (tertiary alicyclic amines) is 1. The maximum atomic E-state index is 12.7. The van der Waals surface area contributed by atoms with Crippen LogP contribution < -0.4 is 0 Å². The Morgan fingerprint density at radius 3 is 2.40 bits per heavy atom. The molecular formula is C21H30N2O2. The van der Waals surface area contributed by atoms with Gasteiger partial charge in [-0.15, -0.1) is 0 Å². The molecule has 0 atom stereocenters. The van der Waals surface area contributed by atoms with E-state index in [0.717, 1.165) is 31.5 Å². The summed E-state index contributed by atoms with van der Waals surface area (Å²) in [5.74, 6) is 0.821. The first kappa shape index (κ1) is 19.2. The van der Waals surface area contributed by atoms with E-state index in [2.05, 4.69) is 13.8 Å². The Bertz CT molecular complexity index is 587. The van der Waals surface area contributed by atoms with E-state index < -0.39 is 0 Å². The monoisotopic (exact) mass is 342 g/mol. The van der Waals surface area contributed by atoms with Gasteiger partial charge in [-0.05, 0) is 37.3 Å². The molecule has 2 rings (SSSR count). The van der Waals surface area contributed by atoms with E-state index in [-0.39, 0.29) is 17.7 Å². The van der Waals surface area contributed by atoms with Crippen LogP contribution in [0, 0.1) is 11.8 Å². The van der Waals surface area contributed by atoms with E-state index in [1.807, 2.05) is 53.1 Å². The Morgan fingerprint density at radius 2 is 1.84 bits per heavy atom. The molecule has 25 heavy (non-hydrogen) atoms. The van der Waals surface area contributed by atoms with Crippen molar-refractivity contribution in [3.05, 3.63) is 42.0 Å². The molecule has 136 valence electrons. The molecule has 0 bridgehead atoms. The number of amides is 2. The van der Waals surface area contributed by atoms with Crippen LogP contribution in [0.3, 0.4) is 0 Å². The second kappa shape index (κ2) is 9.40. The molecule has 4 heteroatoms. The fourth-order valence-electron chi connectivity index (χ4n) is 3.26. The largest absolute Gasteiger partial charge is 0.342 e. The summed E-state index contributed by atoms with van der Waals surface area (Å²) in [6, 6.07) is 9.82. The van der Waals surface area contributed by atoms with Crippen LogP contribution in [0.15, 0.2) is 36.4 Å². The zero-order valence-corrected chi connectivity index (χ0v) is 15.6. The quantitative estimate of drug-likeness (QED) is 0.743. The van der Waals surface area contributed by atoms with Gasteiger partial charge >= 0.3 is 0 Å². The standard InChI is InChI=1S/C21H30N2O2/c1-4-22(16-17(2)3)21(25)19-12-14-23(15-13-19)20(24)11-10-18-8-6-5-7-9-18/h5-11,17,19H,4,12-16H2,1-3H3/b11-10+. The summed E-state index contributed by atoms with van der Waals surface area (Å²) in [6.45, 7) is 9.20. The highest BCUT2D eigenvalue weighted by Gasteiger charge is 2.29. The van der Waals surface area contributed by atoms with E-state index in [1.165, 1.54) is 0 Å². The normalized spacial score (nSPS) is 15.8. The summed E-state index contributed by atoms with van der Waals surface area (Å²) in [7, 11) is 0. The summed E-state index contributed by atoms with van der Waals surface area (Å²) in [5, 5.41) is 0. The number of rotatable bonds is 6. The van der Waals surface area contributed by atoms with Crippen LogP contribution in [0.2, 0.25) is 0 Å². The van der Waals surface area contributed by atoms with Crippen LogP contribution in [-0.4, -0.2) is 47.8 Å². The molecule has 1 aliphatic heterocycles. The second-order valence-electron chi connectivity index (χ2n) is 7.11. The van der Waals surface area contributed by atoms with Crippen molar-refractivity contribution < 1.29 is 9.59 Å². The van der Waals surface area contributed by atoms with Gasteiger partial charge < -0.3 is 9.80 Å². The maximum Gasteiger partial charge on any atom is 0.246 e. The molecule has 0 saturated carbocycles. The van der Waals surface area contributed by atoms with Crippen LogP contribution in [0.4, 0.5) is 0 Å². The molecule has 1 heterocycles.